The van der Waals surface area contributed by atoms with Crippen LogP contribution in [0, 0.1) is 0 Å². The van der Waals surface area contributed by atoms with Crippen LogP contribution in [0.15, 0.2) is 53.5 Å². The Morgan fingerprint density at radius 1 is 1.27 bits per heavy atom. The van der Waals surface area contributed by atoms with Crippen molar-refractivity contribution in [2.45, 2.75) is 0 Å². The number of para-hydroxylation sites is 1. The van der Waals surface area contributed by atoms with Crippen LogP contribution in [0.25, 0.3) is 0 Å². The van der Waals surface area contributed by atoms with E-state index in [-0.39, 0.29) is 0 Å². The van der Waals surface area contributed by atoms with E-state index in [0.717, 1.165) is 0 Å². The van der Waals surface area contributed by atoms with E-state index in [1.807, 2.05) is 18.2 Å². The molecule has 0 aliphatic heterocycles. The van der Waals surface area contributed by atoms with Crippen molar-refractivity contribution in [3.63, 3.8) is 0 Å². The van der Waals surface area contributed by atoms with Crippen molar-refractivity contribution in [3.05, 3.63) is 43.1 Å². The lowest BCUT2D eigenvalue weighted by Gasteiger charge is -1.92. The third kappa shape index (κ3) is 2.62. The second kappa shape index (κ2) is 4.22. The van der Waals surface area contributed by atoms with Gasteiger partial charge in [0.2, 0.25) is 0 Å². The van der Waals surface area contributed by atoms with E-state index < -0.39 is 0 Å². The molecule has 0 aliphatic rings. The van der Waals surface area contributed by atoms with Gasteiger partial charge in [-0.1, -0.05) is 24.8 Å². The Bertz CT molecular complexity index is 244. The molecular weight excluding hydrogens is 140 g/mol. The van der Waals surface area contributed by atoms with Crippen LogP contribution in [-0.2, 0) is 0 Å². The predicted molar refractivity (Wildman–Crippen MR) is 42.1 cm³/mol. The first kappa shape index (κ1) is 7.47. The van der Waals surface area contributed by atoms with Gasteiger partial charge >= 0.3 is 0 Å². The summed E-state index contributed by atoms with van der Waals surface area (Å²) in [5.41, 5.74) is 0. The summed E-state index contributed by atoms with van der Waals surface area (Å²) in [7, 11) is 0. The maximum Gasteiger partial charge on any atom is 0.159 e. The normalized spacial score (nSPS) is 9.82. The first-order valence-corrected chi connectivity index (χ1v) is 3.16. The van der Waals surface area contributed by atoms with Crippen LogP contribution < -0.4 is 4.84 Å². The SMILES string of the molecule is C=CN=NOc1ccccc1. The molecule has 0 saturated heterocycles. The average molecular weight is 148 g/mol. The summed E-state index contributed by atoms with van der Waals surface area (Å²) in [6, 6.07) is 9.21. The molecule has 56 valence electrons. The van der Waals surface area contributed by atoms with Crippen LogP contribution in [0.1, 0.15) is 0 Å². The molecule has 0 amide bonds. The van der Waals surface area contributed by atoms with Gasteiger partial charge in [0.05, 0.1) is 0 Å². The van der Waals surface area contributed by atoms with Crippen molar-refractivity contribution in [1.29, 1.82) is 0 Å². The van der Waals surface area contributed by atoms with E-state index in [9.17, 15) is 0 Å². The molecule has 11 heavy (non-hydrogen) atoms. The van der Waals surface area contributed by atoms with Crippen LogP contribution >= 0.6 is 0 Å². The summed E-state index contributed by atoms with van der Waals surface area (Å²) in [4.78, 5) is 4.83. The van der Waals surface area contributed by atoms with E-state index in [1.165, 1.54) is 6.20 Å². The largest absolute Gasteiger partial charge is 0.339 e. The molecular formula is C8H8N2O. The van der Waals surface area contributed by atoms with Crippen molar-refractivity contribution in [2.24, 2.45) is 10.4 Å². The van der Waals surface area contributed by atoms with Crippen molar-refractivity contribution in [3.8, 4) is 5.75 Å². The van der Waals surface area contributed by atoms with Gasteiger partial charge < -0.3 is 4.84 Å². The Kier molecular flexibility index (Phi) is 2.86. The van der Waals surface area contributed by atoms with Gasteiger partial charge in [-0.05, 0) is 12.1 Å². The fourth-order valence-electron chi connectivity index (χ4n) is 0.585. The number of hydrogen-bond donors (Lipinski definition) is 0. The monoisotopic (exact) mass is 148 g/mol. The summed E-state index contributed by atoms with van der Waals surface area (Å²) in [6.45, 7) is 3.35. The Morgan fingerprint density at radius 2 is 2.00 bits per heavy atom. The fraction of sp³-hybridized carbons (Fsp3) is 0. The van der Waals surface area contributed by atoms with Crippen molar-refractivity contribution in [2.75, 3.05) is 0 Å². The van der Waals surface area contributed by atoms with E-state index >= 15 is 0 Å². The van der Waals surface area contributed by atoms with Crippen LogP contribution in [0.2, 0.25) is 0 Å². The standard InChI is InChI=1S/C8H8N2O/c1-2-9-10-11-8-6-4-3-5-7-8/h2-7H,1H2. The fourth-order valence-corrected chi connectivity index (χ4v) is 0.585. The summed E-state index contributed by atoms with van der Waals surface area (Å²) in [5.74, 6) is 0.665. The van der Waals surface area contributed by atoms with Crippen molar-refractivity contribution >= 4 is 0 Å². The number of nitrogens with zero attached hydrogens (tertiary/aromatic N) is 2. The zero-order valence-corrected chi connectivity index (χ0v) is 5.97. The lowest BCUT2D eigenvalue weighted by molar-refractivity contribution is 0.312. The van der Waals surface area contributed by atoms with Gasteiger partial charge in [-0.3, -0.25) is 0 Å². The molecule has 0 unspecified atom stereocenters. The lowest BCUT2D eigenvalue weighted by Crippen LogP contribution is -1.78. The number of benzene rings is 1. The van der Waals surface area contributed by atoms with E-state index in [0.29, 0.717) is 5.75 Å². The van der Waals surface area contributed by atoms with Crippen LogP contribution in [0.5, 0.6) is 5.75 Å². The summed E-state index contributed by atoms with van der Waals surface area (Å²) >= 11 is 0. The molecule has 0 N–H and O–H groups in total. The molecule has 0 fully saturated rings. The van der Waals surface area contributed by atoms with E-state index in [1.54, 1.807) is 12.1 Å². The molecule has 0 saturated carbocycles. The van der Waals surface area contributed by atoms with Gasteiger partial charge in [-0.25, -0.2) is 0 Å². The van der Waals surface area contributed by atoms with Gasteiger partial charge in [-0.2, -0.15) is 0 Å². The van der Waals surface area contributed by atoms with Gasteiger partial charge in [0, 0.05) is 11.5 Å². The smallest absolute Gasteiger partial charge is 0.159 e. The van der Waals surface area contributed by atoms with Crippen molar-refractivity contribution in [1.82, 2.24) is 0 Å². The van der Waals surface area contributed by atoms with Crippen LogP contribution in [0.4, 0.5) is 0 Å². The van der Waals surface area contributed by atoms with E-state index in [2.05, 4.69) is 17.0 Å². The Labute approximate surface area is 65.0 Å². The number of rotatable bonds is 3. The number of hydrogen-bond acceptors (Lipinski definition) is 3. The molecule has 1 aromatic carbocycles. The average Bonchev–Trinajstić information content (AvgIpc) is 2.07. The Hall–Kier alpha value is -1.64. The zero-order chi connectivity index (χ0) is 7.94. The topological polar surface area (TPSA) is 34.0 Å². The molecule has 0 heterocycles. The summed E-state index contributed by atoms with van der Waals surface area (Å²) in [5, 5.41) is 6.80. The highest BCUT2D eigenvalue weighted by Gasteiger charge is 1.85. The Morgan fingerprint density at radius 3 is 2.64 bits per heavy atom. The second-order valence-electron chi connectivity index (χ2n) is 1.78. The molecule has 1 aromatic rings. The second-order valence-corrected chi connectivity index (χ2v) is 1.78. The summed E-state index contributed by atoms with van der Waals surface area (Å²) in [6.07, 6.45) is 1.31. The lowest BCUT2D eigenvalue weighted by atomic mass is 10.3. The summed E-state index contributed by atoms with van der Waals surface area (Å²) < 4.78 is 0. The molecule has 0 atom stereocenters. The minimum Gasteiger partial charge on any atom is -0.339 e. The minimum atomic E-state index is 0.665. The van der Waals surface area contributed by atoms with Gasteiger partial charge in [0.1, 0.15) is 0 Å². The van der Waals surface area contributed by atoms with Crippen LogP contribution in [0.3, 0.4) is 0 Å². The van der Waals surface area contributed by atoms with E-state index in [4.69, 9.17) is 4.84 Å². The zero-order valence-electron chi connectivity index (χ0n) is 5.97. The third-order valence-electron chi connectivity index (χ3n) is 1.02. The highest BCUT2D eigenvalue weighted by atomic mass is 16.6. The quantitative estimate of drug-likeness (QED) is 0.479. The van der Waals surface area contributed by atoms with Gasteiger partial charge in [0.25, 0.3) is 0 Å². The predicted octanol–water partition coefficient (Wildman–Crippen LogP) is 2.58. The minimum absolute atomic E-state index is 0.665. The van der Waals surface area contributed by atoms with Crippen molar-refractivity contribution < 1.29 is 4.84 Å². The maximum atomic E-state index is 4.83. The molecule has 0 spiro atoms. The molecule has 0 bridgehead atoms. The first-order valence-electron chi connectivity index (χ1n) is 3.16. The maximum absolute atomic E-state index is 4.83. The molecule has 3 nitrogen and oxygen atoms in total. The Balaban J connectivity index is 2.51. The van der Waals surface area contributed by atoms with Gasteiger partial charge in [0.15, 0.2) is 5.75 Å². The highest BCUT2D eigenvalue weighted by molar-refractivity contribution is 5.20. The van der Waals surface area contributed by atoms with Crippen LogP contribution in [-0.4, -0.2) is 0 Å². The molecule has 3 heteroatoms. The highest BCUT2D eigenvalue weighted by Crippen LogP contribution is 2.08. The molecule has 0 radical (unpaired) electrons. The third-order valence-corrected chi connectivity index (χ3v) is 1.02. The molecule has 1 rings (SSSR count). The van der Waals surface area contributed by atoms with Gasteiger partial charge in [-0.15, -0.1) is 5.11 Å². The molecule has 0 aromatic heterocycles. The first-order chi connectivity index (χ1) is 5.43. The molecule has 0 aliphatic carbocycles.